The smallest absolute Gasteiger partial charge is 0.227 e. The molecule has 6 atom stereocenters. The van der Waals surface area contributed by atoms with Gasteiger partial charge in [0.2, 0.25) is 28.6 Å². The number of aromatic nitrogens is 8. The zero-order chi connectivity index (χ0) is 98.5. The van der Waals surface area contributed by atoms with E-state index in [1.807, 2.05) is 213 Å². The summed E-state index contributed by atoms with van der Waals surface area (Å²) in [5.41, 5.74) is 25.3. The fraction of sp³-hybridized carbons (Fsp3) is 0.248. The van der Waals surface area contributed by atoms with Crippen LogP contribution < -0.4 is 34.3 Å². The zero-order valence-corrected chi connectivity index (χ0v) is 77.1. The first-order chi connectivity index (χ1) is 66.8. The number of para-hydroxylation sites is 2. The van der Waals surface area contributed by atoms with Gasteiger partial charge in [-0.05, 0) is 256 Å². The van der Waals surface area contributed by atoms with Gasteiger partial charge in [0.05, 0.1) is 36.9 Å². The average molecular weight is 1760 g/mol. The number of pyridine rings is 6. The van der Waals surface area contributed by atoms with Crippen LogP contribution in [-0.2, 0) is 0 Å². The van der Waals surface area contributed by atoms with Crippen molar-refractivity contribution in [3.05, 3.63) is 306 Å². The molecular formula is C109H108N18O5. The van der Waals surface area contributed by atoms with Crippen LogP contribution in [0, 0.1) is 69.2 Å². The van der Waals surface area contributed by atoms with Crippen LogP contribution in [0.2, 0.25) is 0 Å². The number of furan rings is 5. The van der Waals surface area contributed by atoms with E-state index in [4.69, 9.17) is 43.0 Å². The van der Waals surface area contributed by atoms with Crippen molar-refractivity contribution in [2.45, 2.75) is 174 Å². The van der Waals surface area contributed by atoms with Gasteiger partial charge in [-0.15, -0.1) is 0 Å². The van der Waals surface area contributed by atoms with Crippen LogP contribution >= 0.6 is 0 Å². The molecule has 0 amide bonds. The van der Waals surface area contributed by atoms with Crippen molar-refractivity contribution in [2.75, 3.05) is 41.3 Å². The van der Waals surface area contributed by atoms with Crippen molar-refractivity contribution in [2.24, 2.45) is 0 Å². The lowest BCUT2D eigenvalue weighted by Crippen LogP contribution is -2.39. The first-order valence-electron chi connectivity index (χ1n) is 48.6. The summed E-state index contributed by atoms with van der Waals surface area (Å²) >= 11 is 0. The van der Waals surface area contributed by atoms with Gasteiger partial charge in [-0.25, -0.2) is 39.9 Å². The van der Waals surface area contributed by atoms with Crippen LogP contribution in [-0.4, -0.2) is 104 Å². The lowest BCUT2D eigenvalue weighted by molar-refractivity contribution is 0.263. The molecule has 17 heterocycles. The van der Waals surface area contributed by atoms with Crippen LogP contribution in [0.5, 0.6) is 0 Å². The van der Waals surface area contributed by atoms with Crippen LogP contribution in [0.3, 0.4) is 0 Å². The van der Waals surface area contributed by atoms with Gasteiger partial charge in [-0.2, -0.15) is 0 Å². The molecule has 664 valence electrons. The summed E-state index contributed by atoms with van der Waals surface area (Å²) in [5, 5.41) is 10.2. The van der Waals surface area contributed by atoms with Gasteiger partial charge in [-0.1, -0.05) is 97.1 Å². The summed E-state index contributed by atoms with van der Waals surface area (Å²) in [6, 6.07) is 63.6. The minimum atomic E-state index is -2.44. The van der Waals surface area contributed by atoms with E-state index < -0.39 is 25.9 Å². The predicted octanol–water partition coefficient (Wildman–Crippen LogP) is 26.7. The molecule has 19 aromatic rings. The standard InChI is InChI=1S/C26H22N4O.C25H21N5O.2C20H23N3O.C18H19N3O/c1-16-11-13-20-21-14-12-17(2)28-26(21)31-24(20)23(16)30-18(3)29(19-8-5-4-6-9-19)25-22(30)10-7-15-27-25;1-15-9-11-19-20-12-10-16(2)28-25(20)31-22(19)21(15)30-17(3)29(18-7-5-4-6-8-18)23-24(30)27-14-13-26-23;2*1-12(2)22-10-11-23(15(22)5)18-13(3)6-8-16-17-9-7-14(4)21-20(17)24-19(16)18;1-11-5-7-14-15-8-6-12(2)19-18(15)22-17(14)16(11)21-10-9-20(4)13(21)3/h4-15,18H,1-3H3;4-14,17H,1-3H3;2*6-12,15H,1-5H3;5-10,13H,1-4H3/i;;1D3,12D;12D;4D3. The maximum absolute atomic E-state index is 8.44. The maximum Gasteiger partial charge on any atom is 0.227 e. The number of aryl methyl sites for hydroxylation is 10. The van der Waals surface area contributed by atoms with E-state index in [2.05, 4.69) is 193 Å². The van der Waals surface area contributed by atoms with Gasteiger partial charge in [0.1, 0.15) is 30.8 Å². The molecule has 0 fully saturated rings. The first-order valence-corrected chi connectivity index (χ1v) is 44.6. The molecular weight excluding hydrogens is 1640 g/mol. The molecule has 0 saturated heterocycles. The number of nitrogens with zero attached hydrogens (tertiary/aromatic N) is 18. The molecule has 0 N–H and O–H groups in total. The van der Waals surface area contributed by atoms with Gasteiger partial charge in [-0.3, -0.25) is 4.90 Å². The van der Waals surface area contributed by atoms with E-state index in [1.165, 1.54) is 11.8 Å². The molecule has 24 rings (SSSR count). The van der Waals surface area contributed by atoms with E-state index in [9.17, 15) is 0 Å². The predicted molar refractivity (Wildman–Crippen MR) is 537 cm³/mol. The molecule has 5 aliphatic rings. The summed E-state index contributed by atoms with van der Waals surface area (Å²) in [5.74, 6) is 2.60. The molecule has 12 aromatic heterocycles. The average Bonchev–Trinajstić information content (AvgIpc) is 1.55. The van der Waals surface area contributed by atoms with E-state index >= 15 is 0 Å². The van der Waals surface area contributed by atoms with Crippen LogP contribution in [0.1, 0.15) is 129 Å². The van der Waals surface area contributed by atoms with Crippen molar-refractivity contribution >= 4 is 173 Å². The molecule has 132 heavy (non-hydrogen) atoms. The largest absolute Gasteiger partial charge is 0.435 e. The molecule has 23 nitrogen and oxygen atoms in total. The number of benzene rings is 7. The number of rotatable bonds is 9. The molecule has 0 aliphatic carbocycles. The summed E-state index contributed by atoms with van der Waals surface area (Å²) < 4.78 is 94.2. The van der Waals surface area contributed by atoms with Gasteiger partial charge in [0.25, 0.3) is 0 Å². The summed E-state index contributed by atoms with van der Waals surface area (Å²) in [4.78, 5) is 57.0. The number of hydrogen-bond acceptors (Lipinski definition) is 23. The third-order valence-corrected chi connectivity index (χ3v) is 25.8. The first kappa shape index (κ1) is 75.7. The topological polar surface area (TPSA) is 201 Å². The number of anilines is 11. The van der Waals surface area contributed by atoms with Gasteiger partial charge >= 0.3 is 0 Å². The number of hydrogen-bond donors (Lipinski definition) is 0. The van der Waals surface area contributed by atoms with Crippen molar-refractivity contribution in [1.82, 2.24) is 54.6 Å². The Morgan fingerprint density at radius 1 is 0.288 bits per heavy atom. The van der Waals surface area contributed by atoms with Gasteiger partial charge in [0, 0.05) is 177 Å². The summed E-state index contributed by atoms with van der Waals surface area (Å²) in [6.45, 7) is 31.0. The molecule has 0 saturated carbocycles. The van der Waals surface area contributed by atoms with Crippen LogP contribution in [0.25, 0.3) is 110 Å². The summed E-state index contributed by atoms with van der Waals surface area (Å²) in [7, 11) is 0. The van der Waals surface area contributed by atoms with Gasteiger partial charge in [0.15, 0.2) is 45.4 Å². The molecule has 0 spiro atoms. The molecule has 5 aliphatic heterocycles. The molecule has 23 heteroatoms. The number of fused-ring (bicyclic) bond motifs is 17. The second-order valence-corrected chi connectivity index (χ2v) is 34.8. The Kier molecular flexibility index (Phi) is 19.3. The molecule has 7 aromatic carbocycles. The van der Waals surface area contributed by atoms with E-state index in [0.717, 1.165) is 195 Å². The van der Waals surface area contributed by atoms with Crippen LogP contribution in [0.15, 0.2) is 272 Å². The molecule has 6 unspecified atom stereocenters. The molecule has 0 bridgehead atoms. The third-order valence-electron chi connectivity index (χ3n) is 25.8. The maximum atomic E-state index is 8.44. The van der Waals surface area contributed by atoms with Crippen molar-refractivity contribution in [3.8, 4) is 0 Å². The lowest BCUT2D eigenvalue weighted by atomic mass is 10.1. The Bertz CT molecular complexity index is 7800. The minimum absolute atomic E-state index is 0.0273. The minimum Gasteiger partial charge on any atom is -0.435 e. The SMILES string of the molecule is Cc1ccc2c(n1)oc1c(N3c4cccnc4N(c4ccccc4)C3C)c(C)ccc12.Cc1ccc2c(n1)oc1c(N3c4nccnc4N(c4ccccc4)C3C)c(C)ccc12.[2H]C(C)(C)N1C=CN(c2c(C)ccc3c2oc2nc(C)ccc23)C1C.[2H]C([2H])([2H])C([2H])(C)N1C=CN(c2c(C)ccc3c2oc2nc(C)ccc23)C1C.[2H]C([2H])([2H])N1C=CN(c2c(C)ccc3c2oc2nc(C)ccc23)C1C. The third kappa shape index (κ3) is 14.5. The second-order valence-electron chi connectivity index (χ2n) is 34.8. The van der Waals surface area contributed by atoms with E-state index in [-0.39, 0.29) is 30.8 Å². The monoisotopic (exact) mass is 1760 g/mol. The highest BCUT2D eigenvalue weighted by Crippen LogP contribution is 2.53. The quantitative estimate of drug-likeness (QED) is 0.132. The Balaban J connectivity index is 0.000000108. The van der Waals surface area contributed by atoms with E-state index in [1.54, 1.807) is 35.9 Å². The second kappa shape index (κ2) is 33.7. The Morgan fingerprint density at radius 2 is 0.598 bits per heavy atom. The Morgan fingerprint density at radius 3 is 0.955 bits per heavy atom. The fourth-order valence-corrected chi connectivity index (χ4v) is 19.2. The fourth-order valence-electron chi connectivity index (χ4n) is 19.2. The van der Waals surface area contributed by atoms with E-state index in [0.29, 0.717) is 34.2 Å². The van der Waals surface area contributed by atoms with Crippen molar-refractivity contribution in [3.63, 3.8) is 0 Å². The van der Waals surface area contributed by atoms with Crippen molar-refractivity contribution in [1.29, 1.82) is 0 Å². The summed E-state index contributed by atoms with van der Waals surface area (Å²) in [6.07, 6.45) is 15.6. The highest BCUT2D eigenvalue weighted by atomic mass is 16.4. The van der Waals surface area contributed by atoms with Crippen molar-refractivity contribution < 1.29 is 33.1 Å². The lowest BCUT2D eigenvalue weighted by Gasteiger charge is -2.33. The Hall–Kier alpha value is -15.3. The Labute approximate surface area is 778 Å². The zero-order valence-electron chi connectivity index (χ0n) is 85.1. The van der Waals surface area contributed by atoms with Gasteiger partial charge < -0.3 is 66.2 Å². The highest BCUT2D eigenvalue weighted by Gasteiger charge is 2.42. The molecule has 0 radical (unpaired) electrons. The highest BCUT2D eigenvalue weighted by molar-refractivity contribution is 6.14. The normalized spacial score (nSPS) is 18.5. The van der Waals surface area contributed by atoms with Crippen LogP contribution in [0.4, 0.5) is 63.0 Å².